The molecule has 0 heterocycles. The zero-order valence-electron chi connectivity index (χ0n) is 7.79. The Morgan fingerprint density at radius 3 is 1.47 bits per heavy atom. The van der Waals surface area contributed by atoms with Crippen LogP contribution in [0.2, 0.25) is 0 Å². The van der Waals surface area contributed by atoms with Crippen molar-refractivity contribution in [2.45, 2.75) is 14.5 Å². The lowest BCUT2D eigenvalue weighted by atomic mass is 9.88. The molecule has 8 heteroatoms. The van der Waals surface area contributed by atoms with Crippen LogP contribution in [0.25, 0.3) is 0 Å². The van der Waals surface area contributed by atoms with E-state index in [9.17, 15) is 4.79 Å². The fourth-order valence-electron chi connectivity index (χ4n) is 1.04. The van der Waals surface area contributed by atoms with Crippen molar-refractivity contribution in [2.24, 2.45) is 5.41 Å². The van der Waals surface area contributed by atoms with Crippen LogP contribution in [0.5, 0.6) is 0 Å². The minimum absolute atomic E-state index is 0.310. The normalized spacial score (nSPS) is 14.1. The highest BCUT2D eigenvalue weighted by Gasteiger charge is 2.64. The molecule has 0 N–H and O–H groups in total. The van der Waals surface area contributed by atoms with Gasteiger partial charge in [0.2, 0.25) is 7.59 Å². The molecule has 0 saturated carbocycles. The van der Waals surface area contributed by atoms with E-state index < -0.39 is 18.8 Å². The molecule has 0 aromatic rings. The molecule has 15 heavy (non-hydrogen) atoms. The second-order valence-corrected chi connectivity index (χ2v) is 7.45. The molecule has 0 aliphatic heterocycles. The number of ketones is 1. The summed E-state index contributed by atoms with van der Waals surface area (Å²) in [6.07, 6.45) is 0. The van der Waals surface area contributed by atoms with Crippen LogP contribution in [0.4, 0.5) is 0 Å². The van der Waals surface area contributed by atoms with Crippen molar-refractivity contribution in [3.8, 4) is 0 Å². The van der Waals surface area contributed by atoms with Crippen LogP contribution in [0, 0.1) is 5.41 Å². The molecule has 0 rings (SSSR count). The van der Waals surface area contributed by atoms with Crippen molar-refractivity contribution in [1.29, 1.82) is 0 Å². The van der Waals surface area contributed by atoms with Gasteiger partial charge in [-0.2, -0.15) is 0 Å². The molecular weight excluding hydrogens is 329 g/mol. The monoisotopic (exact) mass is 334 g/mol. The number of methoxy groups -OCH3 is 1. The first kappa shape index (κ1) is 16.4. The molecule has 90 valence electrons. The molecule has 0 fully saturated rings. The van der Waals surface area contributed by atoms with Gasteiger partial charge in [-0.05, 0) is 6.92 Å². The third kappa shape index (κ3) is 3.19. The maximum absolute atomic E-state index is 11.6. The number of rotatable bonds is 3. The average Bonchev–Trinajstić information content (AvgIpc) is 1.93. The lowest BCUT2D eigenvalue weighted by molar-refractivity contribution is -0.129. The van der Waals surface area contributed by atoms with Gasteiger partial charge in [0.1, 0.15) is 11.2 Å². The second kappa shape index (κ2) is 5.34. The summed E-state index contributed by atoms with van der Waals surface area (Å²) in [7, 11) is 1.31. The van der Waals surface area contributed by atoms with Crippen molar-refractivity contribution in [1.82, 2.24) is 0 Å². The lowest BCUT2D eigenvalue weighted by Crippen LogP contribution is -2.54. The molecule has 0 radical (unpaired) electrons. The summed E-state index contributed by atoms with van der Waals surface area (Å²) in [5, 5.41) is 0. The van der Waals surface area contributed by atoms with Gasteiger partial charge >= 0.3 is 0 Å². The largest absolute Gasteiger partial charge is 0.383 e. The quantitative estimate of drug-likeness (QED) is 0.729. The van der Waals surface area contributed by atoms with Crippen molar-refractivity contribution < 1.29 is 9.53 Å². The SMILES string of the molecule is COCC(C(C)=O)(C(Cl)(Cl)Cl)C(Cl)(Cl)Cl. The Kier molecular flexibility index (Phi) is 5.83. The number of alkyl halides is 6. The molecule has 0 atom stereocenters. The number of Topliss-reactive ketones (excluding diaryl/α,β-unsaturated/α-hetero) is 1. The first-order valence-electron chi connectivity index (χ1n) is 3.64. The minimum atomic E-state index is -2.08. The van der Waals surface area contributed by atoms with E-state index in [1.807, 2.05) is 0 Å². The van der Waals surface area contributed by atoms with Crippen molar-refractivity contribution in [3.63, 3.8) is 0 Å². The molecule has 0 aliphatic carbocycles. The predicted molar refractivity (Wildman–Crippen MR) is 65.6 cm³/mol. The summed E-state index contributed by atoms with van der Waals surface area (Å²) < 4.78 is 0.628. The van der Waals surface area contributed by atoms with E-state index >= 15 is 0 Å². The van der Waals surface area contributed by atoms with Crippen LogP contribution >= 0.6 is 69.6 Å². The van der Waals surface area contributed by atoms with Gasteiger partial charge in [-0.15, -0.1) is 0 Å². The third-order valence-electron chi connectivity index (χ3n) is 1.93. The van der Waals surface area contributed by atoms with Gasteiger partial charge in [0, 0.05) is 7.11 Å². The first-order chi connectivity index (χ1) is 6.50. The molecule has 0 spiro atoms. The molecule has 0 aromatic heterocycles. The standard InChI is InChI=1S/C7H8Cl6O2/c1-4(14)5(3-15-2,6(8,9)10)7(11,12)13/h3H2,1-2H3. The molecule has 0 bridgehead atoms. The number of halogens is 6. The number of ether oxygens (including phenoxy) is 1. The molecule has 0 saturated heterocycles. The van der Waals surface area contributed by atoms with E-state index in [0.717, 1.165) is 0 Å². The summed E-state index contributed by atoms with van der Waals surface area (Å²) in [4.78, 5) is 11.6. The summed E-state index contributed by atoms with van der Waals surface area (Å²) >= 11 is 34.1. The van der Waals surface area contributed by atoms with Gasteiger partial charge in [-0.1, -0.05) is 69.6 Å². The van der Waals surface area contributed by atoms with Gasteiger partial charge in [0.25, 0.3) is 0 Å². The van der Waals surface area contributed by atoms with Gasteiger partial charge in [0.05, 0.1) is 6.61 Å². The van der Waals surface area contributed by atoms with E-state index in [1.165, 1.54) is 14.0 Å². The van der Waals surface area contributed by atoms with Gasteiger partial charge in [-0.25, -0.2) is 0 Å². The van der Waals surface area contributed by atoms with Gasteiger partial charge in [0.15, 0.2) is 0 Å². The Balaban J connectivity index is 5.61. The zero-order chi connectivity index (χ0) is 12.5. The van der Waals surface area contributed by atoms with Crippen LogP contribution in [0.1, 0.15) is 6.92 Å². The molecule has 0 amide bonds. The van der Waals surface area contributed by atoms with Crippen LogP contribution in [0.3, 0.4) is 0 Å². The number of hydrogen-bond donors (Lipinski definition) is 0. The fraction of sp³-hybridized carbons (Fsp3) is 0.857. The summed E-state index contributed by atoms with van der Waals surface area (Å²) in [5.74, 6) is -0.579. The van der Waals surface area contributed by atoms with Crippen molar-refractivity contribution in [2.75, 3.05) is 13.7 Å². The summed E-state index contributed by atoms with van der Waals surface area (Å²) in [6.45, 7) is 0.859. The number of carbonyl (C=O) groups is 1. The average molecular weight is 337 g/mol. The van der Waals surface area contributed by atoms with E-state index in [-0.39, 0.29) is 6.61 Å². The van der Waals surface area contributed by atoms with E-state index in [2.05, 4.69) is 0 Å². The zero-order valence-corrected chi connectivity index (χ0v) is 12.3. The third-order valence-corrected chi connectivity index (χ3v) is 3.87. The highest BCUT2D eigenvalue weighted by molar-refractivity contribution is 6.74. The maximum Gasteiger partial charge on any atom is 0.209 e. The Bertz CT molecular complexity index is 227. The molecule has 0 aromatic carbocycles. The molecular formula is C7H8Cl6O2. The number of carbonyl (C=O) groups excluding carboxylic acids is 1. The Hall–Kier alpha value is 1.37. The Labute approximate surface area is 118 Å². The highest BCUT2D eigenvalue weighted by atomic mass is 35.6. The van der Waals surface area contributed by atoms with Crippen molar-refractivity contribution in [3.05, 3.63) is 0 Å². The first-order valence-corrected chi connectivity index (χ1v) is 5.91. The molecule has 0 aliphatic rings. The Morgan fingerprint density at radius 1 is 1.07 bits per heavy atom. The predicted octanol–water partition coefficient (Wildman–Crippen LogP) is 3.95. The van der Waals surface area contributed by atoms with E-state index in [0.29, 0.717) is 0 Å². The fourth-order valence-corrected chi connectivity index (χ4v) is 3.45. The van der Waals surface area contributed by atoms with Crippen LogP contribution < -0.4 is 0 Å². The van der Waals surface area contributed by atoms with E-state index in [1.54, 1.807) is 0 Å². The lowest BCUT2D eigenvalue weighted by Gasteiger charge is -2.41. The van der Waals surface area contributed by atoms with Crippen LogP contribution in [-0.2, 0) is 9.53 Å². The molecule has 2 nitrogen and oxygen atoms in total. The van der Waals surface area contributed by atoms with Crippen molar-refractivity contribution >= 4 is 75.4 Å². The van der Waals surface area contributed by atoms with Crippen LogP contribution in [0.15, 0.2) is 0 Å². The molecule has 0 unspecified atom stereocenters. The second-order valence-electron chi connectivity index (χ2n) is 2.89. The van der Waals surface area contributed by atoms with E-state index in [4.69, 9.17) is 74.3 Å². The maximum atomic E-state index is 11.6. The topological polar surface area (TPSA) is 26.3 Å². The highest BCUT2D eigenvalue weighted by Crippen LogP contribution is 2.58. The summed E-state index contributed by atoms with van der Waals surface area (Å²) in [6, 6.07) is 0. The van der Waals surface area contributed by atoms with Gasteiger partial charge in [-0.3, -0.25) is 4.79 Å². The van der Waals surface area contributed by atoms with Gasteiger partial charge < -0.3 is 4.74 Å². The summed E-state index contributed by atoms with van der Waals surface area (Å²) in [5.41, 5.74) is -1.84. The van der Waals surface area contributed by atoms with Crippen LogP contribution in [-0.4, -0.2) is 27.1 Å². The Morgan fingerprint density at radius 2 is 1.40 bits per heavy atom. The number of hydrogen-bond acceptors (Lipinski definition) is 2. The minimum Gasteiger partial charge on any atom is -0.383 e. The smallest absolute Gasteiger partial charge is 0.209 e.